The third-order valence-electron chi connectivity index (χ3n) is 7.74. The molecule has 0 spiro atoms. The number of nitrogens with zero attached hydrogens (tertiary/aromatic N) is 3. The fourth-order valence-corrected chi connectivity index (χ4v) is 8.27. The average Bonchev–Trinajstić information content (AvgIpc) is 3.69. The fraction of sp³-hybridized carbons (Fsp3) is 0.567. The summed E-state index contributed by atoms with van der Waals surface area (Å²) in [5.74, 6) is -0.251. The summed E-state index contributed by atoms with van der Waals surface area (Å²) in [5.41, 5.74) is 0.207. The average molecular weight is 616 g/mol. The van der Waals surface area contributed by atoms with E-state index in [9.17, 15) is 23.3 Å². The van der Waals surface area contributed by atoms with Gasteiger partial charge in [-0.1, -0.05) is 19.1 Å². The molecule has 0 unspecified atom stereocenters. The van der Waals surface area contributed by atoms with Crippen LogP contribution in [0.4, 0.5) is 4.79 Å². The Balaban J connectivity index is 1.41. The highest BCUT2D eigenvalue weighted by Crippen LogP contribution is 2.43. The van der Waals surface area contributed by atoms with Gasteiger partial charge in [0, 0.05) is 41.9 Å². The molecule has 2 aromatic rings. The van der Waals surface area contributed by atoms with Gasteiger partial charge in [-0.15, -0.1) is 11.3 Å². The number of carbonyl (C=O) groups excluding carboxylic acids is 2. The van der Waals surface area contributed by atoms with E-state index in [1.165, 1.54) is 15.6 Å². The highest BCUT2D eigenvalue weighted by atomic mass is 32.2. The minimum Gasteiger partial charge on any atom is -0.444 e. The molecule has 1 aliphatic heterocycles. The molecular formula is C30H41N5O5S2. The second-order valence-electron chi connectivity index (χ2n) is 11.8. The Morgan fingerprint density at radius 3 is 2.52 bits per heavy atom. The SMILES string of the molecule is CCN(CCNC)S(=O)(=O)c1ccc(-c2ccc(C[C@@H](C#N)NC(=O)[C@@H]3[C@H]4CC[C@H](C4)N3C(=O)OC(C)(C)C)s2)cc1. The van der Waals surface area contributed by atoms with Gasteiger partial charge in [-0.05, 0) is 82.8 Å². The predicted molar refractivity (Wildman–Crippen MR) is 162 cm³/mol. The van der Waals surface area contributed by atoms with Gasteiger partial charge in [0.1, 0.15) is 17.7 Å². The summed E-state index contributed by atoms with van der Waals surface area (Å²) in [7, 11) is -1.80. The van der Waals surface area contributed by atoms with Crippen molar-refractivity contribution in [2.75, 3.05) is 26.7 Å². The molecule has 42 heavy (non-hydrogen) atoms. The summed E-state index contributed by atoms with van der Waals surface area (Å²) in [6, 6.07) is 11.5. The van der Waals surface area contributed by atoms with E-state index in [2.05, 4.69) is 16.7 Å². The van der Waals surface area contributed by atoms with Crippen LogP contribution in [0.25, 0.3) is 10.4 Å². The van der Waals surface area contributed by atoms with E-state index >= 15 is 0 Å². The van der Waals surface area contributed by atoms with Gasteiger partial charge in [0.2, 0.25) is 15.9 Å². The van der Waals surface area contributed by atoms with Gasteiger partial charge in [-0.2, -0.15) is 9.57 Å². The summed E-state index contributed by atoms with van der Waals surface area (Å²) < 4.78 is 33.1. The lowest BCUT2D eigenvalue weighted by Gasteiger charge is -2.35. The molecule has 4 rings (SSSR count). The Labute approximate surface area is 253 Å². The molecule has 2 amide bonds. The molecule has 2 N–H and O–H groups in total. The largest absolute Gasteiger partial charge is 0.444 e. The van der Waals surface area contributed by atoms with Crippen LogP contribution in [0, 0.1) is 17.2 Å². The van der Waals surface area contributed by atoms with Gasteiger partial charge < -0.3 is 15.4 Å². The third-order valence-corrected chi connectivity index (χ3v) is 10.9. The molecule has 1 aromatic carbocycles. The lowest BCUT2D eigenvalue weighted by atomic mass is 9.97. The molecule has 0 radical (unpaired) electrons. The van der Waals surface area contributed by atoms with E-state index in [0.29, 0.717) is 26.1 Å². The van der Waals surface area contributed by atoms with Gasteiger partial charge in [-0.25, -0.2) is 13.2 Å². The number of hydrogen-bond donors (Lipinski definition) is 2. The maximum Gasteiger partial charge on any atom is 0.411 e. The monoisotopic (exact) mass is 615 g/mol. The molecule has 1 saturated carbocycles. The first-order valence-corrected chi connectivity index (χ1v) is 16.7. The predicted octanol–water partition coefficient (Wildman–Crippen LogP) is 3.98. The molecule has 1 aromatic heterocycles. The van der Waals surface area contributed by atoms with Crippen molar-refractivity contribution >= 4 is 33.4 Å². The van der Waals surface area contributed by atoms with Crippen LogP contribution < -0.4 is 10.6 Å². The summed E-state index contributed by atoms with van der Waals surface area (Å²) in [6.07, 6.45) is 2.34. The minimum absolute atomic E-state index is 0.0132. The number of sulfonamides is 1. The molecule has 2 bridgehead atoms. The summed E-state index contributed by atoms with van der Waals surface area (Å²) in [5, 5.41) is 15.7. The smallest absolute Gasteiger partial charge is 0.411 e. The molecule has 228 valence electrons. The number of benzene rings is 1. The molecule has 2 fully saturated rings. The van der Waals surface area contributed by atoms with E-state index in [1.807, 2.05) is 19.1 Å². The molecule has 2 aliphatic rings. The topological polar surface area (TPSA) is 132 Å². The number of hydrogen-bond acceptors (Lipinski definition) is 8. The van der Waals surface area contributed by atoms with Crippen molar-refractivity contribution in [1.82, 2.24) is 19.8 Å². The number of rotatable bonds is 11. The van der Waals surface area contributed by atoms with E-state index in [1.54, 1.807) is 57.0 Å². The first-order chi connectivity index (χ1) is 19.9. The maximum atomic E-state index is 13.4. The Morgan fingerprint density at radius 1 is 1.19 bits per heavy atom. The lowest BCUT2D eigenvalue weighted by Crippen LogP contribution is -2.55. The quantitative estimate of drug-likeness (QED) is 0.391. The first kappa shape index (κ1) is 31.9. The van der Waals surface area contributed by atoms with Crippen LogP contribution in [0.5, 0.6) is 0 Å². The van der Waals surface area contributed by atoms with Crippen LogP contribution in [-0.4, -0.2) is 80.0 Å². The van der Waals surface area contributed by atoms with Gasteiger partial charge in [0.15, 0.2) is 0 Å². The molecule has 1 saturated heterocycles. The van der Waals surface area contributed by atoms with Gasteiger partial charge in [0.05, 0.1) is 11.0 Å². The molecule has 1 aliphatic carbocycles. The Kier molecular flexibility index (Phi) is 9.98. The third kappa shape index (κ3) is 7.14. The van der Waals surface area contributed by atoms with Crippen molar-refractivity contribution in [3.63, 3.8) is 0 Å². The van der Waals surface area contributed by atoms with Gasteiger partial charge in [0.25, 0.3) is 0 Å². The van der Waals surface area contributed by atoms with E-state index in [-0.39, 0.29) is 22.8 Å². The lowest BCUT2D eigenvalue weighted by molar-refractivity contribution is -0.128. The van der Waals surface area contributed by atoms with Crippen molar-refractivity contribution in [1.29, 1.82) is 5.26 Å². The number of likely N-dealkylation sites (N-methyl/N-ethyl adjacent to an activating group) is 2. The molecule has 10 nitrogen and oxygen atoms in total. The second-order valence-corrected chi connectivity index (χ2v) is 15.0. The first-order valence-electron chi connectivity index (χ1n) is 14.4. The zero-order chi connectivity index (χ0) is 30.7. The van der Waals surface area contributed by atoms with Crippen molar-refractivity contribution in [2.45, 2.75) is 82.0 Å². The number of nitrogens with one attached hydrogen (secondary N) is 2. The summed E-state index contributed by atoms with van der Waals surface area (Å²) in [6.45, 7) is 8.58. The number of piperidine rings is 1. The van der Waals surface area contributed by atoms with Crippen LogP contribution in [0.3, 0.4) is 0 Å². The van der Waals surface area contributed by atoms with Crippen LogP contribution in [0.15, 0.2) is 41.3 Å². The highest BCUT2D eigenvalue weighted by Gasteiger charge is 2.52. The molecule has 2 heterocycles. The fourth-order valence-electron chi connectivity index (χ4n) is 5.76. The standard InChI is InChI=1S/C30H41N5O5S2/c1-6-34(16-15-32-5)42(38,39)25-12-8-20(9-13-25)26-14-11-24(41-26)18-22(19-31)33-28(36)27-21-7-10-23(17-21)35(27)29(37)40-30(2,3)4/h8-9,11-14,21-23,27,32H,6-7,10,15-18H2,1-5H3,(H,33,36)/t21-,22-,23+,27-/m0/s1. The zero-order valence-electron chi connectivity index (χ0n) is 24.9. The molecule has 4 atom stereocenters. The second kappa shape index (κ2) is 13.1. The number of amides is 2. The number of ether oxygens (including phenoxy) is 1. The van der Waals surface area contributed by atoms with E-state index in [0.717, 1.165) is 34.6 Å². The number of fused-ring (bicyclic) bond motifs is 2. The van der Waals surface area contributed by atoms with Crippen LogP contribution in [-0.2, 0) is 26.0 Å². The molecule has 12 heteroatoms. The van der Waals surface area contributed by atoms with Crippen molar-refractivity contribution in [3.05, 3.63) is 41.3 Å². The Morgan fingerprint density at radius 2 is 1.90 bits per heavy atom. The number of thiophene rings is 1. The van der Waals surface area contributed by atoms with Gasteiger partial charge >= 0.3 is 6.09 Å². The van der Waals surface area contributed by atoms with Crippen LogP contribution in [0.2, 0.25) is 0 Å². The van der Waals surface area contributed by atoms with Crippen molar-refractivity contribution < 1.29 is 22.7 Å². The normalized spacial score (nSPS) is 20.9. The van der Waals surface area contributed by atoms with Gasteiger partial charge in [-0.3, -0.25) is 9.69 Å². The number of likely N-dealkylation sites (tertiary alicyclic amines) is 1. The van der Waals surface area contributed by atoms with Crippen LogP contribution in [0.1, 0.15) is 51.8 Å². The number of carbonyl (C=O) groups is 2. The van der Waals surface area contributed by atoms with Crippen LogP contribution >= 0.6 is 11.3 Å². The number of nitriles is 1. The van der Waals surface area contributed by atoms with Crippen molar-refractivity contribution in [3.8, 4) is 16.5 Å². The van der Waals surface area contributed by atoms with E-state index in [4.69, 9.17) is 4.74 Å². The van der Waals surface area contributed by atoms with E-state index < -0.39 is 33.8 Å². The highest BCUT2D eigenvalue weighted by molar-refractivity contribution is 7.89. The minimum atomic E-state index is -3.59. The Hall–Kier alpha value is -2.98. The zero-order valence-corrected chi connectivity index (χ0v) is 26.6. The maximum absolute atomic E-state index is 13.4. The summed E-state index contributed by atoms with van der Waals surface area (Å²) in [4.78, 5) is 30.0. The molecular weight excluding hydrogens is 574 g/mol. The van der Waals surface area contributed by atoms with Crippen molar-refractivity contribution in [2.24, 2.45) is 5.92 Å². The Bertz CT molecular complexity index is 1410. The summed E-state index contributed by atoms with van der Waals surface area (Å²) >= 11 is 1.49.